The van der Waals surface area contributed by atoms with Crippen molar-refractivity contribution >= 4 is 60.3 Å². The van der Waals surface area contributed by atoms with Crippen molar-refractivity contribution in [1.82, 2.24) is 9.13 Å². The molecule has 3 rings (SSSR count). The van der Waals surface area contributed by atoms with E-state index in [0.29, 0.717) is 20.0 Å². The number of carbonyl (C=O) groups is 1. The lowest BCUT2D eigenvalue weighted by atomic mass is 10.0. The highest BCUT2D eigenvalue weighted by Gasteiger charge is 2.24. The van der Waals surface area contributed by atoms with Gasteiger partial charge in [-0.15, -0.1) is 0 Å². The lowest BCUT2D eigenvalue weighted by Gasteiger charge is -2.11. The van der Waals surface area contributed by atoms with Gasteiger partial charge in [0.1, 0.15) is 5.82 Å². The lowest BCUT2D eigenvalue weighted by Crippen LogP contribution is -2.22. The first-order valence-corrected chi connectivity index (χ1v) is 9.87. The van der Waals surface area contributed by atoms with E-state index in [9.17, 15) is 18.4 Å². The van der Waals surface area contributed by atoms with Crippen molar-refractivity contribution in [2.45, 2.75) is 13.0 Å². The fraction of sp³-hybridized carbons (Fsp3) is 0.222. The number of nitrogens with zero attached hydrogens (tertiary/aromatic N) is 2. The van der Waals surface area contributed by atoms with Crippen LogP contribution in [-0.2, 0) is 13.6 Å². The summed E-state index contributed by atoms with van der Waals surface area (Å²) in [6.45, 7) is -0.325. The van der Waals surface area contributed by atoms with Crippen LogP contribution in [0.5, 0.6) is 0 Å². The van der Waals surface area contributed by atoms with Gasteiger partial charge >= 0.3 is 5.69 Å². The molecule has 0 spiro atoms. The van der Waals surface area contributed by atoms with Gasteiger partial charge in [0.15, 0.2) is 5.78 Å². The Labute approximate surface area is 175 Å². The predicted molar refractivity (Wildman–Crippen MR) is 108 cm³/mol. The Morgan fingerprint density at radius 1 is 1.26 bits per heavy atom. The van der Waals surface area contributed by atoms with E-state index in [1.807, 2.05) is 0 Å². The second-order valence-electron chi connectivity index (χ2n) is 5.90. The van der Waals surface area contributed by atoms with Crippen molar-refractivity contribution in [2.75, 3.05) is 6.67 Å². The Bertz CT molecular complexity index is 1120. The van der Waals surface area contributed by atoms with Gasteiger partial charge in [-0.05, 0) is 62.5 Å². The van der Waals surface area contributed by atoms with Gasteiger partial charge < -0.3 is 0 Å². The predicted octanol–water partition coefficient (Wildman–Crippen LogP) is 5.25. The molecule has 27 heavy (non-hydrogen) atoms. The van der Waals surface area contributed by atoms with Crippen molar-refractivity contribution in [2.24, 2.45) is 7.05 Å². The van der Waals surface area contributed by atoms with Crippen LogP contribution in [0.2, 0.25) is 5.02 Å². The third kappa shape index (κ3) is 3.50. The number of hydrogen-bond acceptors (Lipinski definition) is 2. The summed E-state index contributed by atoms with van der Waals surface area (Å²) in [7, 11) is 1.57. The average Bonchev–Trinajstić information content (AvgIpc) is 2.85. The number of rotatable bonds is 5. The monoisotopic (exact) mass is 520 g/mol. The molecule has 0 saturated carbocycles. The molecule has 1 aromatic heterocycles. The minimum Gasteiger partial charge on any atom is -0.294 e. The molecule has 142 valence electrons. The SMILES string of the molecule is Cn1c(=O)n(CCCF)c2cc(Br)c(C(=O)c3cc(F)ccc3Cl)c(Br)c21. The molecule has 0 saturated heterocycles. The summed E-state index contributed by atoms with van der Waals surface area (Å²) in [5, 5.41) is 0.120. The first-order valence-electron chi connectivity index (χ1n) is 7.90. The van der Waals surface area contributed by atoms with Crippen LogP contribution < -0.4 is 5.69 Å². The van der Waals surface area contributed by atoms with Crippen molar-refractivity contribution < 1.29 is 13.6 Å². The standard InChI is InChI=1S/C18H13Br2ClF2N2O2/c1-24-16-13(25(18(24)27)6-2-5-22)8-11(19)14(15(16)20)17(26)10-7-9(23)3-4-12(10)21/h3-4,7-8H,2,5-6H2,1H3. The molecule has 0 aliphatic heterocycles. The first kappa shape index (κ1) is 20.2. The van der Waals surface area contributed by atoms with Crippen LogP contribution in [0, 0.1) is 5.82 Å². The largest absolute Gasteiger partial charge is 0.328 e. The highest BCUT2D eigenvalue weighted by molar-refractivity contribution is 9.11. The first-order chi connectivity index (χ1) is 12.8. The van der Waals surface area contributed by atoms with E-state index in [1.165, 1.54) is 21.3 Å². The fourth-order valence-corrected chi connectivity index (χ4v) is 4.88. The number of hydrogen-bond donors (Lipinski definition) is 0. The number of benzene rings is 2. The van der Waals surface area contributed by atoms with Gasteiger partial charge in [0.2, 0.25) is 0 Å². The summed E-state index contributed by atoms with van der Waals surface area (Å²) >= 11 is 12.8. The lowest BCUT2D eigenvalue weighted by molar-refractivity contribution is 0.103. The smallest absolute Gasteiger partial charge is 0.294 e. The van der Waals surface area contributed by atoms with Gasteiger partial charge in [-0.3, -0.25) is 18.3 Å². The normalized spacial score (nSPS) is 11.3. The second kappa shape index (κ2) is 7.85. The van der Waals surface area contributed by atoms with E-state index in [-0.39, 0.29) is 34.8 Å². The molecule has 0 amide bonds. The molecule has 0 fully saturated rings. The highest BCUT2D eigenvalue weighted by Crippen LogP contribution is 2.36. The molecule has 4 nitrogen and oxygen atoms in total. The molecular formula is C18H13Br2ClF2N2O2. The van der Waals surface area contributed by atoms with E-state index in [4.69, 9.17) is 11.6 Å². The van der Waals surface area contributed by atoms with Crippen LogP contribution in [-0.4, -0.2) is 21.6 Å². The maximum absolute atomic E-state index is 13.6. The summed E-state index contributed by atoms with van der Waals surface area (Å²) < 4.78 is 29.8. The van der Waals surface area contributed by atoms with Crippen LogP contribution in [0.4, 0.5) is 8.78 Å². The molecule has 0 unspecified atom stereocenters. The van der Waals surface area contributed by atoms with E-state index in [1.54, 1.807) is 13.1 Å². The van der Waals surface area contributed by atoms with Crippen molar-refractivity contribution in [3.05, 3.63) is 65.7 Å². The Morgan fingerprint density at radius 2 is 1.96 bits per heavy atom. The van der Waals surface area contributed by atoms with Crippen molar-refractivity contribution in [3.63, 3.8) is 0 Å². The van der Waals surface area contributed by atoms with Crippen LogP contribution >= 0.6 is 43.5 Å². The molecule has 1 heterocycles. The number of alkyl halides is 1. The summed E-state index contributed by atoms with van der Waals surface area (Å²) in [4.78, 5) is 25.5. The van der Waals surface area contributed by atoms with Crippen LogP contribution in [0.25, 0.3) is 11.0 Å². The maximum Gasteiger partial charge on any atom is 0.328 e. The average molecular weight is 523 g/mol. The summed E-state index contributed by atoms with van der Waals surface area (Å²) in [6.07, 6.45) is 0.202. The minimum absolute atomic E-state index is 0.0132. The van der Waals surface area contributed by atoms with Gasteiger partial charge in [-0.1, -0.05) is 11.6 Å². The van der Waals surface area contributed by atoms with Crippen LogP contribution in [0.3, 0.4) is 0 Å². The number of halogens is 5. The fourth-order valence-electron chi connectivity index (χ4n) is 2.95. The van der Waals surface area contributed by atoms with Gasteiger partial charge in [0, 0.05) is 23.6 Å². The molecule has 2 aromatic carbocycles. The van der Waals surface area contributed by atoms with Gasteiger partial charge in [-0.2, -0.15) is 0 Å². The minimum atomic E-state index is -0.583. The molecule has 0 aliphatic carbocycles. The quantitative estimate of drug-likeness (QED) is 0.430. The molecule has 0 radical (unpaired) electrons. The van der Waals surface area contributed by atoms with Crippen LogP contribution in [0.1, 0.15) is 22.3 Å². The Balaban J connectivity index is 2.27. The Kier molecular flexibility index (Phi) is 5.88. The molecule has 3 aromatic rings. The topological polar surface area (TPSA) is 44.0 Å². The number of imidazole rings is 1. The Morgan fingerprint density at radius 3 is 2.63 bits per heavy atom. The van der Waals surface area contributed by atoms with Gasteiger partial charge in [0.05, 0.1) is 32.8 Å². The maximum atomic E-state index is 13.6. The number of aromatic nitrogens is 2. The van der Waals surface area contributed by atoms with E-state index in [0.717, 1.165) is 6.07 Å². The number of carbonyl (C=O) groups excluding carboxylic acids is 1. The number of fused-ring (bicyclic) bond motifs is 1. The van der Waals surface area contributed by atoms with Gasteiger partial charge in [0.25, 0.3) is 0 Å². The molecule has 0 bridgehead atoms. The summed E-state index contributed by atoms with van der Waals surface area (Å²) in [5.74, 6) is -1.08. The van der Waals surface area contributed by atoms with Crippen molar-refractivity contribution in [3.8, 4) is 0 Å². The third-order valence-corrected chi connectivity index (χ3v) is 5.96. The van der Waals surface area contributed by atoms with E-state index >= 15 is 0 Å². The van der Waals surface area contributed by atoms with Crippen LogP contribution in [0.15, 0.2) is 38.0 Å². The van der Waals surface area contributed by atoms with E-state index < -0.39 is 18.3 Å². The number of ketones is 1. The summed E-state index contributed by atoms with van der Waals surface area (Å²) in [6, 6.07) is 5.17. The molecule has 0 N–H and O–H groups in total. The molecule has 0 atom stereocenters. The molecule has 0 aliphatic rings. The Hall–Kier alpha value is -1.51. The number of aryl methyl sites for hydroxylation is 2. The third-order valence-electron chi connectivity index (χ3n) is 4.23. The second-order valence-corrected chi connectivity index (χ2v) is 7.96. The molecule has 9 heteroatoms. The highest BCUT2D eigenvalue weighted by atomic mass is 79.9. The van der Waals surface area contributed by atoms with Gasteiger partial charge in [-0.25, -0.2) is 9.18 Å². The zero-order valence-corrected chi connectivity index (χ0v) is 18.0. The van der Waals surface area contributed by atoms with Crippen molar-refractivity contribution in [1.29, 1.82) is 0 Å². The zero-order chi connectivity index (χ0) is 19.9. The zero-order valence-electron chi connectivity index (χ0n) is 14.0. The van der Waals surface area contributed by atoms with E-state index in [2.05, 4.69) is 31.9 Å². The summed E-state index contributed by atoms with van der Waals surface area (Å²) in [5.41, 5.74) is 0.946. The molecular weight excluding hydrogens is 509 g/mol.